The molecule has 0 aliphatic carbocycles. The number of esters is 1. The Hall–Kier alpha value is -3.68. The molecule has 0 fully saturated rings. The highest BCUT2D eigenvalue weighted by Gasteiger charge is 2.14. The summed E-state index contributed by atoms with van der Waals surface area (Å²) in [6.07, 6.45) is 0. The van der Waals surface area contributed by atoms with Gasteiger partial charge in [0.2, 0.25) is 11.7 Å². The topological polar surface area (TPSA) is 104 Å². The van der Waals surface area contributed by atoms with Crippen LogP contribution in [0.5, 0.6) is 5.75 Å². The van der Waals surface area contributed by atoms with Crippen molar-refractivity contribution in [1.29, 1.82) is 0 Å². The van der Waals surface area contributed by atoms with Gasteiger partial charge in [0.1, 0.15) is 5.75 Å². The molecule has 0 bridgehead atoms. The molecule has 1 aromatic heterocycles. The molecular weight excluding hydrogens is 398 g/mol. The first-order valence-electron chi connectivity index (χ1n) is 9.80. The summed E-state index contributed by atoms with van der Waals surface area (Å²) in [5, 5.41) is 6.45. The maximum atomic E-state index is 12.2. The largest absolute Gasteiger partial charge is 0.485 e. The molecule has 0 radical (unpaired) electrons. The van der Waals surface area contributed by atoms with Crippen molar-refractivity contribution in [3.8, 4) is 5.75 Å². The smallest absolute Gasteiger partial charge is 0.338 e. The third-order valence-corrected chi connectivity index (χ3v) is 4.40. The van der Waals surface area contributed by atoms with Crippen LogP contribution in [0.3, 0.4) is 0 Å². The quantitative estimate of drug-likeness (QED) is 0.572. The number of hydrogen-bond acceptors (Lipinski definition) is 7. The van der Waals surface area contributed by atoms with Gasteiger partial charge in [-0.3, -0.25) is 4.79 Å². The molecular formula is C23H25N3O5. The zero-order chi connectivity index (χ0) is 22.4. The Balaban J connectivity index is 1.45. The number of aryl methyl sites for hydroxylation is 1. The Bertz CT molecular complexity index is 1030. The summed E-state index contributed by atoms with van der Waals surface area (Å²) in [4.78, 5) is 28.3. The van der Waals surface area contributed by atoms with Crippen LogP contribution in [0, 0.1) is 6.92 Å². The van der Waals surface area contributed by atoms with Crippen LogP contribution in [0.2, 0.25) is 0 Å². The number of nitrogens with zero attached hydrogens (tertiary/aromatic N) is 2. The van der Waals surface area contributed by atoms with E-state index < -0.39 is 11.9 Å². The Kier molecular flexibility index (Phi) is 6.69. The number of amides is 1. The minimum Gasteiger partial charge on any atom is -0.485 e. The Morgan fingerprint density at radius 3 is 2.29 bits per heavy atom. The van der Waals surface area contributed by atoms with Crippen molar-refractivity contribution in [2.45, 2.75) is 39.7 Å². The van der Waals surface area contributed by atoms with E-state index in [1.54, 1.807) is 31.2 Å². The predicted molar refractivity (Wildman–Crippen MR) is 114 cm³/mol. The summed E-state index contributed by atoms with van der Waals surface area (Å²) in [6, 6.07) is 13.9. The Morgan fingerprint density at radius 2 is 1.71 bits per heavy atom. The SMILES string of the molecule is Cc1nc(COc2ccc(C(=O)OCC(=O)Nc3ccc(C(C)(C)C)cc3)cc2)no1. The van der Waals surface area contributed by atoms with Crippen LogP contribution >= 0.6 is 0 Å². The summed E-state index contributed by atoms with van der Waals surface area (Å²) >= 11 is 0. The molecule has 3 aromatic rings. The van der Waals surface area contributed by atoms with E-state index in [4.69, 9.17) is 14.0 Å². The van der Waals surface area contributed by atoms with Crippen LogP contribution in [-0.2, 0) is 21.6 Å². The molecule has 1 N–H and O–H groups in total. The summed E-state index contributed by atoms with van der Waals surface area (Å²) in [5.74, 6) is 0.420. The number of rotatable bonds is 7. The van der Waals surface area contributed by atoms with Crippen molar-refractivity contribution in [3.05, 3.63) is 71.4 Å². The predicted octanol–water partition coefficient (Wildman–Crippen LogP) is 4.05. The normalized spacial score (nSPS) is 11.1. The van der Waals surface area contributed by atoms with Crippen LogP contribution in [0.15, 0.2) is 53.1 Å². The van der Waals surface area contributed by atoms with Crippen molar-refractivity contribution in [1.82, 2.24) is 10.1 Å². The van der Waals surface area contributed by atoms with Gasteiger partial charge < -0.3 is 19.3 Å². The van der Waals surface area contributed by atoms with Gasteiger partial charge in [0.15, 0.2) is 13.2 Å². The fraction of sp³-hybridized carbons (Fsp3) is 0.304. The number of carbonyl (C=O) groups is 2. The highest BCUT2D eigenvalue weighted by Crippen LogP contribution is 2.23. The van der Waals surface area contributed by atoms with E-state index in [0.717, 1.165) is 5.56 Å². The summed E-state index contributed by atoms with van der Waals surface area (Å²) in [6.45, 7) is 7.82. The number of benzene rings is 2. The highest BCUT2D eigenvalue weighted by molar-refractivity contribution is 5.95. The molecule has 8 nitrogen and oxygen atoms in total. The van der Waals surface area contributed by atoms with E-state index in [-0.39, 0.29) is 18.6 Å². The molecule has 31 heavy (non-hydrogen) atoms. The first-order valence-corrected chi connectivity index (χ1v) is 9.80. The summed E-state index contributed by atoms with van der Waals surface area (Å²) in [7, 11) is 0. The number of nitrogens with one attached hydrogen (secondary N) is 1. The van der Waals surface area contributed by atoms with Crippen LogP contribution in [-0.4, -0.2) is 28.6 Å². The molecule has 0 saturated heterocycles. The lowest BCUT2D eigenvalue weighted by molar-refractivity contribution is -0.119. The molecule has 162 valence electrons. The molecule has 0 unspecified atom stereocenters. The van der Waals surface area contributed by atoms with Crippen LogP contribution < -0.4 is 10.1 Å². The van der Waals surface area contributed by atoms with Gasteiger partial charge in [0.25, 0.3) is 5.91 Å². The second-order valence-corrected chi connectivity index (χ2v) is 7.99. The number of aromatic nitrogens is 2. The van der Waals surface area contributed by atoms with Crippen LogP contribution in [0.25, 0.3) is 0 Å². The van der Waals surface area contributed by atoms with E-state index >= 15 is 0 Å². The molecule has 1 heterocycles. The lowest BCUT2D eigenvalue weighted by Crippen LogP contribution is -2.21. The van der Waals surface area contributed by atoms with Gasteiger partial charge in [0, 0.05) is 12.6 Å². The number of hydrogen-bond donors (Lipinski definition) is 1. The standard InChI is InChI=1S/C23H25N3O5/c1-15-24-20(26-31-15)13-29-19-11-5-16(6-12-19)22(28)30-14-21(27)25-18-9-7-17(8-10-18)23(2,3)4/h5-12H,13-14H2,1-4H3,(H,25,27). The minimum absolute atomic E-state index is 0.0325. The highest BCUT2D eigenvalue weighted by atomic mass is 16.5. The summed E-state index contributed by atoms with van der Waals surface area (Å²) < 4.78 is 15.5. The van der Waals surface area contributed by atoms with Crippen LogP contribution in [0.1, 0.15) is 48.4 Å². The fourth-order valence-electron chi connectivity index (χ4n) is 2.70. The molecule has 1 amide bonds. The maximum absolute atomic E-state index is 12.2. The second kappa shape index (κ2) is 9.42. The molecule has 3 rings (SSSR count). The molecule has 0 spiro atoms. The molecule has 0 aliphatic heterocycles. The van der Waals surface area contributed by atoms with E-state index in [9.17, 15) is 9.59 Å². The average Bonchev–Trinajstić information content (AvgIpc) is 3.16. The molecule has 2 aromatic carbocycles. The van der Waals surface area contributed by atoms with Gasteiger partial charge in [-0.1, -0.05) is 38.1 Å². The lowest BCUT2D eigenvalue weighted by Gasteiger charge is -2.19. The maximum Gasteiger partial charge on any atom is 0.338 e. The fourth-order valence-corrected chi connectivity index (χ4v) is 2.70. The average molecular weight is 423 g/mol. The zero-order valence-corrected chi connectivity index (χ0v) is 18.0. The Labute approximate surface area is 180 Å². The molecule has 0 aliphatic rings. The molecule has 0 saturated carbocycles. The van der Waals surface area contributed by atoms with E-state index in [1.165, 1.54) is 0 Å². The number of ether oxygens (including phenoxy) is 2. The van der Waals surface area contributed by atoms with E-state index in [1.807, 2.05) is 24.3 Å². The van der Waals surface area contributed by atoms with E-state index in [2.05, 4.69) is 36.2 Å². The lowest BCUT2D eigenvalue weighted by atomic mass is 9.87. The van der Waals surface area contributed by atoms with E-state index in [0.29, 0.717) is 28.7 Å². The van der Waals surface area contributed by atoms with Crippen molar-refractivity contribution < 1.29 is 23.6 Å². The molecule has 8 heteroatoms. The first kappa shape index (κ1) is 22.0. The number of carbonyl (C=O) groups excluding carboxylic acids is 2. The van der Waals surface area contributed by atoms with Crippen molar-refractivity contribution in [2.75, 3.05) is 11.9 Å². The van der Waals surface area contributed by atoms with Gasteiger partial charge in [0.05, 0.1) is 5.56 Å². The third kappa shape index (κ3) is 6.40. The van der Waals surface area contributed by atoms with Crippen molar-refractivity contribution in [3.63, 3.8) is 0 Å². The van der Waals surface area contributed by atoms with Gasteiger partial charge in [-0.25, -0.2) is 4.79 Å². The zero-order valence-electron chi connectivity index (χ0n) is 18.0. The van der Waals surface area contributed by atoms with Gasteiger partial charge in [-0.05, 0) is 47.4 Å². The monoisotopic (exact) mass is 423 g/mol. The van der Waals surface area contributed by atoms with Gasteiger partial charge in [-0.2, -0.15) is 4.98 Å². The second-order valence-electron chi connectivity index (χ2n) is 7.99. The molecule has 0 atom stereocenters. The van der Waals surface area contributed by atoms with Crippen LogP contribution in [0.4, 0.5) is 5.69 Å². The summed E-state index contributed by atoms with van der Waals surface area (Å²) in [5.41, 5.74) is 2.15. The Morgan fingerprint density at radius 1 is 1.03 bits per heavy atom. The van der Waals surface area contributed by atoms with Crippen molar-refractivity contribution in [2.24, 2.45) is 0 Å². The number of anilines is 1. The first-order chi connectivity index (χ1) is 14.7. The minimum atomic E-state index is -0.599. The third-order valence-electron chi connectivity index (χ3n) is 4.40. The van der Waals surface area contributed by atoms with Gasteiger partial charge in [-0.15, -0.1) is 0 Å². The van der Waals surface area contributed by atoms with Crippen molar-refractivity contribution >= 4 is 17.6 Å². The van der Waals surface area contributed by atoms with Gasteiger partial charge >= 0.3 is 5.97 Å².